The van der Waals surface area contributed by atoms with Crippen molar-refractivity contribution in [1.29, 1.82) is 0 Å². The standard InChI is InChI=1S/C11H13NO/c1-8(2)7-11(13)9-5-3-4-6-10(9)12/h3-7H,12H2,1-2H3. The molecule has 0 saturated heterocycles. The van der Waals surface area contributed by atoms with E-state index in [4.69, 9.17) is 5.73 Å². The Kier molecular flexibility index (Phi) is 2.85. The summed E-state index contributed by atoms with van der Waals surface area (Å²) >= 11 is 0. The van der Waals surface area contributed by atoms with Crippen molar-refractivity contribution >= 4 is 11.5 Å². The number of benzene rings is 1. The van der Waals surface area contributed by atoms with Crippen molar-refractivity contribution in [3.63, 3.8) is 0 Å². The number of ketones is 1. The quantitative estimate of drug-likeness (QED) is 0.426. The minimum Gasteiger partial charge on any atom is -0.398 e. The van der Waals surface area contributed by atoms with Crippen LogP contribution in [0.2, 0.25) is 0 Å². The molecule has 1 aromatic carbocycles. The highest BCUT2D eigenvalue weighted by Gasteiger charge is 2.04. The molecule has 0 aromatic heterocycles. The first-order valence-corrected chi connectivity index (χ1v) is 4.15. The molecule has 0 unspecified atom stereocenters. The summed E-state index contributed by atoms with van der Waals surface area (Å²) in [5, 5.41) is 0. The van der Waals surface area contributed by atoms with Crippen molar-refractivity contribution in [2.75, 3.05) is 5.73 Å². The number of rotatable bonds is 2. The summed E-state index contributed by atoms with van der Waals surface area (Å²) in [6.07, 6.45) is 1.59. The summed E-state index contributed by atoms with van der Waals surface area (Å²) in [6.45, 7) is 3.77. The summed E-state index contributed by atoms with van der Waals surface area (Å²) in [5.74, 6) is -0.0295. The average Bonchev–Trinajstić information content (AvgIpc) is 2.03. The summed E-state index contributed by atoms with van der Waals surface area (Å²) in [7, 11) is 0. The lowest BCUT2D eigenvalue weighted by Gasteiger charge is -2.00. The van der Waals surface area contributed by atoms with Crippen LogP contribution in [-0.2, 0) is 0 Å². The molecule has 0 radical (unpaired) electrons. The molecular weight excluding hydrogens is 162 g/mol. The lowest BCUT2D eigenvalue weighted by atomic mass is 10.1. The van der Waals surface area contributed by atoms with E-state index in [-0.39, 0.29) is 5.78 Å². The van der Waals surface area contributed by atoms with E-state index in [0.717, 1.165) is 5.57 Å². The van der Waals surface area contributed by atoms with Gasteiger partial charge in [-0.2, -0.15) is 0 Å². The van der Waals surface area contributed by atoms with Crippen molar-refractivity contribution in [1.82, 2.24) is 0 Å². The van der Waals surface area contributed by atoms with E-state index in [2.05, 4.69) is 0 Å². The molecule has 0 aliphatic carbocycles. The molecule has 1 rings (SSSR count). The second-order valence-corrected chi connectivity index (χ2v) is 3.17. The zero-order valence-corrected chi connectivity index (χ0v) is 7.87. The highest BCUT2D eigenvalue weighted by atomic mass is 16.1. The van der Waals surface area contributed by atoms with Gasteiger partial charge in [0.1, 0.15) is 0 Å². The second-order valence-electron chi connectivity index (χ2n) is 3.17. The monoisotopic (exact) mass is 175 g/mol. The summed E-state index contributed by atoms with van der Waals surface area (Å²) in [4.78, 5) is 11.5. The van der Waals surface area contributed by atoms with Crippen LogP contribution in [-0.4, -0.2) is 5.78 Å². The third kappa shape index (κ3) is 2.44. The summed E-state index contributed by atoms with van der Waals surface area (Å²) in [5.41, 5.74) is 7.73. The Bertz CT molecular complexity index is 349. The number of nitrogen functional groups attached to an aromatic ring is 1. The third-order valence-corrected chi connectivity index (χ3v) is 1.65. The van der Waals surface area contributed by atoms with Gasteiger partial charge in [0.05, 0.1) is 0 Å². The van der Waals surface area contributed by atoms with Gasteiger partial charge in [0.15, 0.2) is 5.78 Å². The van der Waals surface area contributed by atoms with Crippen LogP contribution in [0.25, 0.3) is 0 Å². The van der Waals surface area contributed by atoms with Gasteiger partial charge < -0.3 is 5.73 Å². The Morgan fingerprint density at radius 3 is 2.46 bits per heavy atom. The van der Waals surface area contributed by atoms with Crippen molar-refractivity contribution in [2.24, 2.45) is 0 Å². The number of allylic oxidation sites excluding steroid dienone is 2. The van der Waals surface area contributed by atoms with Crippen LogP contribution in [0.5, 0.6) is 0 Å². The van der Waals surface area contributed by atoms with Gasteiger partial charge in [0, 0.05) is 11.3 Å². The Labute approximate surface area is 78.1 Å². The molecule has 0 heterocycles. The zero-order chi connectivity index (χ0) is 9.84. The van der Waals surface area contributed by atoms with Crippen LogP contribution in [0.15, 0.2) is 35.9 Å². The smallest absolute Gasteiger partial charge is 0.187 e. The van der Waals surface area contributed by atoms with Gasteiger partial charge in [-0.25, -0.2) is 0 Å². The van der Waals surface area contributed by atoms with Crippen LogP contribution in [0, 0.1) is 0 Å². The van der Waals surface area contributed by atoms with E-state index >= 15 is 0 Å². The lowest BCUT2D eigenvalue weighted by molar-refractivity contribution is 0.104. The average molecular weight is 175 g/mol. The second kappa shape index (κ2) is 3.90. The lowest BCUT2D eigenvalue weighted by Crippen LogP contribution is -2.00. The predicted molar refractivity (Wildman–Crippen MR) is 54.6 cm³/mol. The van der Waals surface area contributed by atoms with Gasteiger partial charge in [-0.05, 0) is 32.1 Å². The Morgan fingerprint density at radius 2 is 1.92 bits per heavy atom. The van der Waals surface area contributed by atoms with Gasteiger partial charge >= 0.3 is 0 Å². The fourth-order valence-electron chi connectivity index (χ4n) is 1.06. The first kappa shape index (κ1) is 9.52. The molecule has 0 spiro atoms. The normalized spacial score (nSPS) is 9.38. The molecule has 1 aromatic rings. The topological polar surface area (TPSA) is 43.1 Å². The van der Waals surface area contributed by atoms with E-state index in [0.29, 0.717) is 11.3 Å². The molecule has 13 heavy (non-hydrogen) atoms. The molecule has 68 valence electrons. The van der Waals surface area contributed by atoms with Crippen molar-refractivity contribution in [3.05, 3.63) is 41.5 Å². The van der Waals surface area contributed by atoms with Crippen molar-refractivity contribution in [2.45, 2.75) is 13.8 Å². The van der Waals surface area contributed by atoms with Crippen LogP contribution < -0.4 is 5.73 Å². The van der Waals surface area contributed by atoms with Crippen molar-refractivity contribution in [3.8, 4) is 0 Å². The maximum Gasteiger partial charge on any atom is 0.187 e. The van der Waals surface area contributed by atoms with Crippen LogP contribution in [0.3, 0.4) is 0 Å². The van der Waals surface area contributed by atoms with E-state index < -0.39 is 0 Å². The van der Waals surface area contributed by atoms with Gasteiger partial charge in [0.2, 0.25) is 0 Å². The van der Waals surface area contributed by atoms with Crippen LogP contribution >= 0.6 is 0 Å². The van der Waals surface area contributed by atoms with Gasteiger partial charge in [0.25, 0.3) is 0 Å². The Hall–Kier alpha value is -1.57. The number of para-hydroxylation sites is 1. The molecule has 2 heteroatoms. The third-order valence-electron chi connectivity index (χ3n) is 1.65. The molecule has 0 aliphatic rings. The van der Waals surface area contributed by atoms with Crippen LogP contribution in [0.4, 0.5) is 5.69 Å². The fourth-order valence-corrected chi connectivity index (χ4v) is 1.06. The van der Waals surface area contributed by atoms with E-state index in [1.807, 2.05) is 26.0 Å². The molecule has 0 amide bonds. The molecule has 0 bridgehead atoms. The Balaban J connectivity index is 3.03. The highest BCUT2D eigenvalue weighted by molar-refractivity contribution is 6.08. The van der Waals surface area contributed by atoms with E-state index in [1.54, 1.807) is 18.2 Å². The molecule has 0 fully saturated rings. The maximum absolute atomic E-state index is 11.5. The molecular formula is C11H13NO. The predicted octanol–water partition coefficient (Wildman–Crippen LogP) is 2.42. The van der Waals surface area contributed by atoms with Crippen molar-refractivity contribution < 1.29 is 4.79 Å². The molecule has 0 aliphatic heterocycles. The van der Waals surface area contributed by atoms with Gasteiger partial charge in [-0.3, -0.25) is 4.79 Å². The zero-order valence-electron chi connectivity index (χ0n) is 7.87. The molecule has 2 nitrogen and oxygen atoms in total. The minimum atomic E-state index is -0.0295. The maximum atomic E-state index is 11.5. The minimum absolute atomic E-state index is 0.0295. The first-order valence-electron chi connectivity index (χ1n) is 4.15. The highest BCUT2D eigenvalue weighted by Crippen LogP contribution is 2.12. The number of hydrogen-bond acceptors (Lipinski definition) is 2. The van der Waals surface area contributed by atoms with Crippen LogP contribution in [0.1, 0.15) is 24.2 Å². The number of anilines is 1. The van der Waals surface area contributed by atoms with E-state index in [9.17, 15) is 4.79 Å². The number of carbonyl (C=O) groups excluding carboxylic acids is 1. The molecule has 0 saturated carbocycles. The largest absolute Gasteiger partial charge is 0.398 e. The molecule has 0 atom stereocenters. The fraction of sp³-hybridized carbons (Fsp3) is 0.182. The Morgan fingerprint density at radius 1 is 1.31 bits per heavy atom. The molecule has 2 N–H and O–H groups in total. The summed E-state index contributed by atoms with van der Waals surface area (Å²) in [6, 6.07) is 7.08. The van der Waals surface area contributed by atoms with Gasteiger partial charge in [-0.1, -0.05) is 17.7 Å². The van der Waals surface area contributed by atoms with E-state index in [1.165, 1.54) is 0 Å². The first-order chi connectivity index (χ1) is 6.11. The number of nitrogens with two attached hydrogens (primary N) is 1. The van der Waals surface area contributed by atoms with Gasteiger partial charge in [-0.15, -0.1) is 0 Å². The number of hydrogen-bond donors (Lipinski definition) is 1. The number of carbonyl (C=O) groups is 1. The SMILES string of the molecule is CC(C)=CC(=O)c1ccccc1N. The summed E-state index contributed by atoms with van der Waals surface area (Å²) < 4.78 is 0.